The number of benzene rings is 1. The van der Waals surface area contributed by atoms with E-state index in [4.69, 9.17) is 21.9 Å². The van der Waals surface area contributed by atoms with Crippen molar-refractivity contribution in [1.82, 2.24) is 58.5 Å². The highest BCUT2D eigenvalue weighted by atomic mass is 16.6. The SMILES string of the molecule is CC[C@H](C)[C@@H]1NC(=O)[C@@H](CCCN=C(N)N)NC(=O)[C@H](CC(C)C)NC(=O)[C@H]([C@H](O)C(C)C)NC(=O)[C@@H](NC(=O)[C@@H](CC(=O)[C@@H](CC(C)(C)C)NC(=O)OC(C)(C)C)CC(C)(C)C)[C@@H](c2ccc(N(C)C)cc2)NC(=O)[C@H](CO)NC(=O)[C@H]([C@H](O)C(N)=O)NC(=O)CNC(=O)[C@H]([C@H](C)O)NC1=O. The van der Waals surface area contributed by atoms with Gasteiger partial charge in [0, 0.05) is 38.7 Å². The summed E-state index contributed by atoms with van der Waals surface area (Å²) in [6.45, 7) is 24.0. The third kappa shape index (κ3) is 30.4. The smallest absolute Gasteiger partial charge is 0.408 e. The Morgan fingerprint density at radius 3 is 1.67 bits per heavy atom. The van der Waals surface area contributed by atoms with Crippen molar-refractivity contribution >= 4 is 88.5 Å². The first-order chi connectivity index (χ1) is 47.0. The number of ketones is 1. The number of aliphatic hydroxyl groups is 4. The average Bonchev–Trinajstić information content (AvgIpc) is 0.778. The van der Waals surface area contributed by atoms with Crippen LogP contribution < -0.4 is 80.6 Å². The topological polar surface area (TPSA) is 538 Å². The summed E-state index contributed by atoms with van der Waals surface area (Å²) in [5.74, 6) is -17.8. The molecule has 1 aliphatic heterocycles. The van der Waals surface area contributed by atoms with Crippen molar-refractivity contribution in [3.63, 3.8) is 0 Å². The van der Waals surface area contributed by atoms with E-state index < -0.39 is 215 Å². The Bertz CT molecular complexity index is 3090. The molecule has 2 rings (SSSR count). The Morgan fingerprint density at radius 2 is 1.17 bits per heavy atom. The molecule has 0 radical (unpaired) electrons. The molecule has 1 saturated heterocycles. The van der Waals surface area contributed by atoms with E-state index in [-0.39, 0.29) is 56.6 Å². The van der Waals surface area contributed by atoms with E-state index in [2.05, 4.69) is 58.2 Å². The average molecular weight is 1450 g/mol. The second-order valence-electron chi connectivity index (χ2n) is 30.4. The molecule has 102 heavy (non-hydrogen) atoms. The van der Waals surface area contributed by atoms with Crippen LogP contribution in [0.15, 0.2) is 29.3 Å². The lowest BCUT2D eigenvalue weighted by atomic mass is 9.79. The fourth-order valence-electron chi connectivity index (χ4n) is 10.8. The lowest BCUT2D eigenvalue weighted by Gasteiger charge is -2.35. The molecule has 0 saturated carbocycles. The minimum absolute atomic E-state index is 0.00695. The van der Waals surface area contributed by atoms with Gasteiger partial charge in [-0.25, -0.2) is 4.79 Å². The molecule has 0 aromatic heterocycles. The molecule has 0 bridgehead atoms. The molecule has 34 heteroatoms. The number of hydrogen-bond acceptors (Lipinski definition) is 20. The zero-order chi connectivity index (χ0) is 78.2. The van der Waals surface area contributed by atoms with Crippen LogP contribution in [0.5, 0.6) is 0 Å². The quantitative estimate of drug-likeness (QED) is 0.0292. The number of alkyl carbamates (subject to hydrolysis) is 1. The van der Waals surface area contributed by atoms with Gasteiger partial charge in [0.15, 0.2) is 17.8 Å². The molecule has 576 valence electrons. The zero-order valence-corrected chi connectivity index (χ0v) is 62.3. The first-order valence-corrected chi connectivity index (χ1v) is 34.3. The summed E-state index contributed by atoms with van der Waals surface area (Å²) in [5.41, 5.74) is 14.8. The maximum Gasteiger partial charge on any atom is 0.408 e. The van der Waals surface area contributed by atoms with E-state index in [1.165, 1.54) is 26.0 Å². The number of ether oxygens (including phenoxy) is 1. The van der Waals surface area contributed by atoms with Crippen molar-refractivity contribution in [1.29, 1.82) is 0 Å². The van der Waals surface area contributed by atoms with Crippen molar-refractivity contribution in [2.45, 2.75) is 240 Å². The predicted octanol–water partition coefficient (Wildman–Crippen LogP) is -2.36. The summed E-state index contributed by atoms with van der Waals surface area (Å²) in [4.78, 5) is 193. The summed E-state index contributed by atoms with van der Waals surface area (Å²) in [5, 5.41) is 72.0. The Labute approximate surface area is 597 Å². The number of guanidine groups is 1. The molecule has 0 aliphatic carbocycles. The lowest BCUT2D eigenvalue weighted by molar-refractivity contribution is -0.140. The van der Waals surface area contributed by atoms with Crippen molar-refractivity contribution in [3.8, 4) is 0 Å². The predicted molar refractivity (Wildman–Crippen MR) is 378 cm³/mol. The van der Waals surface area contributed by atoms with E-state index in [9.17, 15) is 68.4 Å². The molecule has 0 unspecified atom stereocenters. The van der Waals surface area contributed by atoms with Crippen molar-refractivity contribution in [3.05, 3.63) is 29.8 Å². The van der Waals surface area contributed by atoms with Gasteiger partial charge in [-0.2, -0.15) is 0 Å². The van der Waals surface area contributed by atoms with Gasteiger partial charge in [-0.15, -0.1) is 0 Å². The number of nitrogens with one attached hydrogen (secondary N) is 11. The number of hydrogen-bond donors (Lipinski definition) is 18. The first-order valence-electron chi connectivity index (χ1n) is 34.3. The molecule has 1 heterocycles. The van der Waals surface area contributed by atoms with Crippen molar-refractivity contribution < 1.29 is 87.5 Å². The first kappa shape index (κ1) is 89.3. The summed E-state index contributed by atoms with van der Waals surface area (Å²) in [6.07, 6.45) is -7.74. The molecule has 12 amide bonds. The summed E-state index contributed by atoms with van der Waals surface area (Å²) in [7, 11) is 3.41. The molecular weight excluding hydrogens is 1330 g/mol. The molecule has 15 atom stereocenters. The van der Waals surface area contributed by atoms with Gasteiger partial charge < -0.3 is 106 Å². The number of carbonyl (C=O) groups excluding carboxylic acids is 13. The maximum atomic E-state index is 15.9. The van der Waals surface area contributed by atoms with Gasteiger partial charge in [-0.05, 0) is 106 Å². The summed E-state index contributed by atoms with van der Waals surface area (Å²) >= 11 is 0. The number of aliphatic hydroxyl groups excluding tert-OH is 4. The van der Waals surface area contributed by atoms with Gasteiger partial charge in [0.1, 0.15) is 53.9 Å². The minimum atomic E-state index is -2.58. The second kappa shape index (κ2) is 40.2. The Hall–Kier alpha value is -8.76. The van der Waals surface area contributed by atoms with Gasteiger partial charge in [0.2, 0.25) is 65.0 Å². The molecule has 1 aromatic rings. The largest absolute Gasteiger partial charge is 0.444 e. The van der Waals surface area contributed by atoms with Crippen LogP contribution in [0, 0.1) is 34.5 Å². The number of carbonyl (C=O) groups is 13. The number of primary amides is 1. The zero-order valence-electron chi connectivity index (χ0n) is 62.3. The fraction of sp³-hybridized carbons (Fsp3) is 0.706. The van der Waals surface area contributed by atoms with Crippen molar-refractivity contribution in [2.24, 2.45) is 56.7 Å². The van der Waals surface area contributed by atoms with Crippen LogP contribution in [-0.2, 0) is 62.3 Å². The van der Waals surface area contributed by atoms with Crippen molar-refractivity contribution in [2.75, 3.05) is 38.7 Å². The number of aliphatic imine (C=N–C) groups is 1. The molecular formula is C68H116N16O18. The Balaban J connectivity index is 3.29. The fourth-order valence-corrected chi connectivity index (χ4v) is 10.8. The number of Topliss-reactive ketones (excluding diaryl/α,β-unsaturated/α-hetero) is 1. The van der Waals surface area contributed by atoms with Crippen LogP contribution in [-0.4, -0.2) is 215 Å². The van der Waals surface area contributed by atoms with Crippen LogP contribution in [0.25, 0.3) is 0 Å². The standard InChI is InChI=1S/C68H116N16O18/c1-19-35(6)46-60(97)80-47(36(7)86)59(96)73-31-45(88)78-51(53(90)54(69)91)63(100)76-43(32-85)58(95)81-48(37-22-24-39(25-23-37)84(17)18)49(82-55(92)38(29-66(8,9)10)28-44(87)42(30-67(11,12)13)77-65(101)102-68(14,15)16)61(98)83-50(52(89)34(4)5)62(99)75-41(27-33(2)3)57(94)74-40(56(93)79-46)21-20-26-72-64(70)71/h22-25,33-36,38,40-43,46-53,85-86,89-90H,19-21,26-32H2,1-18H3,(H2,69,91)(H,73,96)(H,74,94)(H,75,99)(H,76,100)(H,77,101)(H,78,88)(H,79,93)(H,80,97)(H,81,95)(H,82,92)(H,83,98)(H4,70,71,72)/t35-,36-,38-,40+,41-,42+,43-,46-,47-,48+,49-,50-,51-,52+,53-/m0/s1. The third-order valence-corrected chi connectivity index (χ3v) is 16.4. The van der Waals surface area contributed by atoms with Gasteiger partial charge in [-0.3, -0.25) is 62.5 Å². The minimum Gasteiger partial charge on any atom is -0.444 e. The van der Waals surface area contributed by atoms with Crippen LogP contribution in [0.4, 0.5) is 10.5 Å². The second-order valence-corrected chi connectivity index (χ2v) is 30.4. The number of amides is 12. The highest BCUT2D eigenvalue weighted by Crippen LogP contribution is 2.31. The molecule has 0 spiro atoms. The monoisotopic (exact) mass is 1440 g/mol. The van der Waals surface area contributed by atoms with Crippen LogP contribution in [0.1, 0.15) is 167 Å². The van der Waals surface area contributed by atoms with E-state index in [1.807, 2.05) is 26.1 Å². The van der Waals surface area contributed by atoms with E-state index in [0.29, 0.717) is 5.69 Å². The Kier molecular flexibility index (Phi) is 35.2. The molecule has 34 nitrogen and oxygen atoms in total. The number of rotatable bonds is 24. The highest BCUT2D eigenvalue weighted by molar-refractivity contribution is 6.01. The number of anilines is 1. The molecule has 1 aliphatic rings. The van der Waals surface area contributed by atoms with Gasteiger partial charge in [-0.1, -0.05) is 102 Å². The normalized spacial score (nSPS) is 23.5. The van der Waals surface area contributed by atoms with E-state index in [0.717, 1.165) is 6.92 Å². The van der Waals surface area contributed by atoms with E-state index in [1.54, 1.807) is 100 Å². The van der Waals surface area contributed by atoms with E-state index >= 15 is 14.4 Å². The lowest BCUT2D eigenvalue weighted by Crippen LogP contribution is -2.65. The summed E-state index contributed by atoms with van der Waals surface area (Å²) in [6, 6.07) is -12.4. The third-order valence-electron chi connectivity index (χ3n) is 16.4. The molecule has 1 aromatic carbocycles. The van der Waals surface area contributed by atoms with Gasteiger partial charge >= 0.3 is 6.09 Å². The molecule has 21 N–H and O–H groups in total. The summed E-state index contributed by atoms with van der Waals surface area (Å²) < 4.78 is 5.52. The van der Waals surface area contributed by atoms with Gasteiger partial charge in [0.25, 0.3) is 0 Å². The number of nitrogens with zero attached hydrogens (tertiary/aromatic N) is 2. The molecule has 1 fully saturated rings. The number of nitrogens with two attached hydrogens (primary N) is 3. The Morgan fingerprint density at radius 1 is 0.647 bits per heavy atom. The maximum absolute atomic E-state index is 15.9. The highest BCUT2D eigenvalue weighted by Gasteiger charge is 2.44. The van der Waals surface area contributed by atoms with Crippen LogP contribution >= 0.6 is 0 Å². The van der Waals surface area contributed by atoms with Crippen LogP contribution in [0.2, 0.25) is 0 Å². The van der Waals surface area contributed by atoms with Gasteiger partial charge in [0.05, 0.1) is 37.4 Å². The van der Waals surface area contributed by atoms with Crippen LogP contribution in [0.3, 0.4) is 0 Å².